The van der Waals surface area contributed by atoms with E-state index in [2.05, 4.69) is 21.4 Å². The van der Waals surface area contributed by atoms with Gasteiger partial charge in [0, 0.05) is 23.9 Å². The maximum absolute atomic E-state index is 12.8. The second-order valence-corrected chi connectivity index (χ2v) is 7.59. The number of nitrogens with zero attached hydrogens (tertiary/aromatic N) is 4. The van der Waals surface area contributed by atoms with Gasteiger partial charge in [-0.05, 0) is 43.7 Å². The molecule has 0 atom stereocenters. The summed E-state index contributed by atoms with van der Waals surface area (Å²) >= 11 is 0. The lowest BCUT2D eigenvalue weighted by molar-refractivity contribution is 0.0783. The minimum Gasteiger partial charge on any atom is -0.336 e. The van der Waals surface area contributed by atoms with Crippen molar-refractivity contribution >= 4 is 5.91 Å². The molecule has 0 fully saturated rings. The molecule has 4 rings (SSSR count). The van der Waals surface area contributed by atoms with Gasteiger partial charge >= 0.3 is 0 Å². The number of amides is 1. The Labute approximate surface area is 176 Å². The standard InChI is InChI=1S/C24H25N5O/c1-17-13-18(2)29(27-17)15-19-9-11-21(12-10-19)24(30)28(3)16-22-14-23(26-25-22)20-7-5-4-6-8-20/h4-14H,15-16H2,1-3H3,(H,25,26). The van der Waals surface area contributed by atoms with Crippen molar-refractivity contribution in [2.75, 3.05) is 7.05 Å². The number of hydrogen-bond donors (Lipinski definition) is 1. The molecule has 0 unspecified atom stereocenters. The van der Waals surface area contributed by atoms with E-state index in [1.807, 2.05) is 79.2 Å². The fourth-order valence-electron chi connectivity index (χ4n) is 3.51. The molecule has 4 aromatic rings. The topological polar surface area (TPSA) is 66.8 Å². The van der Waals surface area contributed by atoms with Crippen molar-refractivity contribution in [1.29, 1.82) is 0 Å². The zero-order chi connectivity index (χ0) is 21.1. The van der Waals surface area contributed by atoms with Gasteiger partial charge < -0.3 is 4.90 Å². The Morgan fingerprint density at radius 1 is 1.03 bits per heavy atom. The summed E-state index contributed by atoms with van der Waals surface area (Å²) in [5, 5.41) is 11.9. The van der Waals surface area contributed by atoms with E-state index in [1.54, 1.807) is 11.9 Å². The van der Waals surface area contributed by atoms with E-state index in [0.717, 1.165) is 33.9 Å². The van der Waals surface area contributed by atoms with Crippen LogP contribution in [0.2, 0.25) is 0 Å². The summed E-state index contributed by atoms with van der Waals surface area (Å²) in [6, 6.07) is 21.8. The third kappa shape index (κ3) is 4.33. The average molecular weight is 399 g/mol. The number of rotatable bonds is 6. The van der Waals surface area contributed by atoms with Gasteiger partial charge in [-0.1, -0.05) is 42.5 Å². The third-order valence-corrected chi connectivity index (χ3v) is 5.09. The van der Waals surface area contributed by atoms with E-state index in [1.165, 1.54) is 0 Å². The zero-order valence-electron chi connectivity index (χ0n) is 17.5. The zero-order valence-corrected chi connectivity index (χ0v) is 17.5. The van der Waals surface area contributed by atoms with Gasteiger partial charge in [0.2, 0.25) is 0 Å². The van der Waals surface area contributed by atoms with Crippen molar-refractivity contribution in [2.24, 2.45) is 0 Å². The van der Waals surface area contributed by atoms with Crippen LogP contribution in [-0.2, 0) is 13.1 Å². The SMILES string of the molecule is Cc1cc(C)n(Cc2ccc(C(=O)N(C)Cc3cc(-c4ccccc4)n[nH]3)cc2)n1. The van der Waals surface area contributed by atoms with Gasteiger partial charge in [-0.15, -0.1) is 0 Å². The minimum absolute atomic E-state index is 0.0245. The monoisotopic (exact) mass is 399 g/mol. The molecule has 1 amide bonds. The molecule has 30 heavy (non-hydrogen) atoms. The number of H-pyrrole nitrogens is 1. The van der Waals surface area contributed by atoms with Crippen molar-refractivity contribution < 1.29 is 4.79 Å². The van der Waals surface area contributed by atoms with E-state index in [0.29, 0.717) is 18.7 Å². The maximum atomic E-state index is 12.8. The lowest BCUT2D eigenvalue weighted by atomic mass is 10.1. The largest absolute Gasteiger partial charge is 0.336 e. The first-order valence-corrected chi connectivity index (χ1v) is 9.95. The van der Waals surface area contributed by atoms with Gasteiger partial charge in [-0.2, -0.15) is 10.2 Å². The van der Waals surface area contributed by atoms with E-state index in [-0.39, 0.29) is 5.91 Å². The van der Waals surface area contributed by atoms with Crippen LogP contribution in [0.1, 0.15) is 33.0 Å². The Bertz CT molecular complexity index is 1140. The molecule has 6 heteroatoms. The molecular formula is C24H25N5O. The summed E-state index contributed by atoms with van der Waals surface area (Å²) in [5.74, 6) is -0.0245. The molecule has 2 aromatic heterocycles. The first-order valence-electron chi connectivity index (χ1n) is 9.95. The molecule has 1 N–H and O–H groups in total. The Balaban J connectivity index is 1.40. The van der Waals surface area contributed by atoms with Gasteiger partial charge in [-0.3, -0.25) is 14.6 Å². The van der Waals surface area contributed by atoms with Crippen LogP contribution in [0.15, 0.2) is 66.7 Å². The van der Waals surface area contributed by atoms with Crippen LogP contribution in [0.3, 0.4) is 0 Å². The molecule has 0 aliphatic rings. The van der Waals surface area contributed by atoms with Crippen molar-refractivity contribution in [3.8, 4) is 11.3 Å². The highest BCUT2D eigenvalue weighted by Gasteiger charge is 2.14. The van der Waals surface area contributed by atoms with Gasteiger partial charge in [0.05, 0.1) is 30.2 Å². The first-order chi connectivity index (χ1) is 14.5. The number of aryl methyl sites for hydroxylation is 2. The molecule has 0 saturated carbocycles. The molecule has 0 spiro atoms. The van der Waals surface area contributed by atoms with Crippen LogP contribution >= 0.6 is 0 Å². The Hall–Kier alpha value is -3.67. The molecular weight excluding hydrogens is 374 g/mol. The highest BCUT2D eigenvalue weighted by Crippen LogP contribution is 2.18. The number of hydrogen-bond acceptors (Lipinski definition) is 3. The molecule has 0 radical (unpaired) electrons. The highest BCUT2D eigenvalue weighted by atomic mass is 16.2. The summed E-state index contributed by atoms with van der Waals surface area (Å²) in [6.45, 7) is 5.20. The van der Waals surface area contributed by atoms with Gasteiger partial charge in [0.1, 0.15) is 0 Å². The molecule has 6 nitrogen and oxygen atoms in total. The predicted octanol–water partition coefficient (Wildman–Crippen LogP) is 4.21. The van der Waals surface area contributed by atoms with E-state index < -0.39 is 0 Å². The summed E-state index contributed by atoms with van der Waals surface area (Å²) in [5.41, 5.74) is 6.73. The van der Waals surface area contributed by atoms with Crippen molar-refractivity contribution in [3.05, 3.63) is 94.9 Å². The van der Waals surface area contributed by atoms with Crippen LogP contribution in [0, 0.1) is 13.8 Å². The Morgan fingerprint density at radius 2 is 1.77 bits per heavy atom. The minimum atomic E-state index is -0.0245. The summed E-state index contributed by atoms with van der Waals surface area (Å²) in [7, 11) is 1.80. The van der Waals surface area contributed by atoms with Crippen LogP contribution < -0.4 is 0 Å². The second-order valence-electron chi connectivity index (χ2n) is 7.59. The number of aromatic nitrogens is 4. The molecule has 2 heterocycles. The molecule has 0 bridgehead atoms. The molecule has 2 aromatic carbocycles. The molecule has 152 valence electrons. The average Bonchev–Trinajstić information content (AvgIpc) is 3.34. The lowest BCUT2D eigenvalue weighted by Crippen LogP contribution is -2.26. The van der Waals surface area contributed by atoms with Crippen LogP contribution in [0.5, 0.6) is 0 Å². The Kier molecular flexibility index (Phi) is 5.48. The fourth-order valence-corrected chi connectivity index (χ4v) is 3.51. The second kappa shape index (κ2) is 8.37. The predicted molar refractivity (Wildman–Crippen MR) is 117 cm³/mol. The molecule has 0 saturated heterocycles. The maximum Gasteiger partial charge on any atom is 0.253 e. The smallest absolute Gasteiger partial charge is 0.253 e. The third-order valence-electron chi connectivity index (χ3n) is 5.09. The molecule has 0 aliphatic carbocycles. The normalized spacial score (nSPS) is 10.9. The van der Waals surface area contributed by atoms with Crippen molar-refractivity contribution in [3.63, 3.8) is 0 Å². The highest BCUT2D eigenvalue weighted by molar-refractivity contribution is 5.94. The van der Waals surface area contributed by atoms with E-state index in [9.17, 15) is 4.79 Å². The van der Waals surface area contributed by atoms with Gasteiger partial charge in [0.15, 0.2) is 0 Å². The van der Waals surface area contributed by atoms with Gasteiger partial charge in [0.25, 0.3) is 5.91 Å². The van der Waals surface area contributed by atoms with Crippen molar-refractivity contribution in [2.45, 2.75) is 26.9 Å². The van der Waals surface area contributed by atoms with Crippen LogP contribution in [0.4, 0.5) is 0 Å². The first kappa shape index (κ1) is 19.6. The summed E-state index contributed by atoms with van der Waals surface area (Å²) in [4.78, 5) is 14.5. The number of carbonyl (C=O) groups is 1. The Morgan fingerprint density at radius 3 is 2.43 bits per heavy atom. The van der Waals surface area contributed by atoms with E-state index in [4.69, 9.17) is 0 Å². The summed E-state index contributed by atoms with van der Waals surface area (Å²) in [6.07, 6.45) is 0. The lowest BCUT2D eigenvalue weighted by Gasteiger charge is -2.16. The number of aromatic amines is 1. The quantitative estimate of drug-likeness (QED) is 0.528. The summed E-state index contributed by atoms with van der Waals surface area (Å²) < 4.78 is 1.97. The van der Waals surface area contributed by atoms with Gasteiger partial charge in [-0.25, -0.2) is 0 Å². The number of benzene rings is 2. The molecule has 0 aliphatic heterocycles. The van der Waals surface area contributed by atoms with Crippen molar-refractivity contribution in [1.82, 2.24) is 24.9 Å². The number of nitrogens with one attached hydrogen (secondary N) is 1. The fraction of sp³-hybridized carbons (Fsp3) is 0.208. The van der Waals surface area contributed by atoms with Crippen LogP contribution in [-0.4, -0.2) is 37.8 Å². The van der Waals surface area contributed by atoms with Crippen LogP contribution in [0.25, 0.3) is 11.3 Å². The number of carbonyl (C=O) groups excluding carboxylic acids is 1. The van der Waals surface area contributed by atoms with E-state index >= 15 is 0 Å².